The molecule has 0 radical (unpaired) electrons. The highest BCUT2D eigenvalue weighted by atomic mass is 35.5. The van der Waals surface area contributed by atoms with Crippen molar-refractivity contribution in [1.29, 1.82) is 0 Å². The number of nitrogens with zero attached hydrogens (tertiary/aromatic N) is 3. The molecule has 3 aromatic carbocycles. The zero-order chi connectivity index (χ0) is 30.5. The second-order valence-corrected chi connectivity index (χ2v) is 11.3. The van der Waals surface area contributed by atoms with Gasteiger partial charge in [-0.3, -0.25) is 9.78 Å². The Kier molecular flexibility index (Phi) is 9.35. The van der Waals surface area contributed by atoms with Gasteiger partial charge in [0.05, 0.1) is 37.3 Å². The fourth-order valence-electron chi connectivity index (χ4n) is 5.23. The minimum atomic E-state index is -0.643. The molecule has 5 aromatic rings. The number of carbonyl (C=O) groups is 1. The number of carbonyl (C=O) groups excluding carboxylic acids is 1. The number of rotatable bonds is 9. The minimum Gasteiger partial charge on any atom is -0.392 e. The van der Waals surface area contributed by atoms with E-state index < -0.39 is 6.29 Å². The van der Waals surface area contributed by atoms with Crippen molar-refractivity contribution in [2.75, 3.05) is 0 Å². The Morgan fingerprint density at radius 3 is 2.45 bits per heavy atom. The number of aliphatic hydroxyl groups is 1. The summed E-state index contributed by atoms with van der Waals surface area (Å²) in [4.78, 5) is 20.6. The van der Waals surface area contributed by atoms with Crippen LogP contribution in [0.3, 0.4) is 0 Å². The number of aromatic nitrogens is 3. The average Bonchev–Trinajstić information content (AvgIpc) is 3.39. The van der Waals surface area contributed by atoms with Crippen molar-refractivity contribution >= 4 is 29.1 Å². The van der Waals surface area contributed by atoms with Crippen LogP contribution >= 0.6 is 23.2 Å². The number of pyridine rings is 1. The van der Waals surface area contributed by atoms with Crippen molar-refractivity contribution < 1.29 is 19.4 Å². The molecule has 0 spiro atoms. The molecule has 3 atom stereocenters. The molecular formula is C34H30Cl2N4O4. The maximum absolute atomic E-state index is 12.5. The van der Waals surface area contributed by atoms with E-state index in [2.05, 4.69) is 27.4 Å². The third kappa shape index (κ3) is 7.01. The number of hydrogen-bond acceptors (Lipinski definition) is 6. The first-order valence-corrected chi connectivity index (χ1v) is 15.0. The standard InChI is InChI=1S/C34H30Cl2N4O4/c35-31-32(36)40(21-39-31)19-29-16-30(24-11-9-22(20-41)10-12-24)44-34(43-29)27-7-2-6-26(15-27)25-5-1-4-23(14-25)17-38-33(42)28-8-3-13-37-18-28/h1-15,18,21,29-30,34,41H,16-17,19-20H2,(H,38,42)/t29-,30+,34+/m1/s1. The Labute approximate surface area is 265 Å². The number of benzene rings is 3. The van der Waals surface area contributed by atoms with Crippen LogP contribution in [0.4, 0.5) is 0 Å². The summed E-state index contributed by atoms with van der Waals surface area (Å²) in [5.41, 5.74) is 6.18. The highest BCUT2D eigenvalue weighted by molar-refractivity contribution is 6.40. The fraction of sp³-hybridized carbons (Fsp3) is 0.206. The molecule has 2 aromatic heterocycles. The lowest BCUT2D eigenvalue weighted by atomic mass is 9.98. The van der Waals surface area contributed by atoms with Gasteiger partial charge in [-0.05, 0) is 52.1 Å². The van der Waals surface area contributed by atoms with Crippen LogP contribution in [0, 0.1) is 0 Å². The van der Waals surface area contributed by atoms with Gasteiger partial charge >= 0.3 is 0 Å². The van der Waals surface area contributed by atoms with E-state index in [1.54, 1.807) is 35.4 Å². The molecule has 8 nitrogen and oxygen atoms in total. The van der Waals surface area contributed by atoms with Gasteiger partial charge in [0.2, 0.25) is 0 Å². The Morgan fingerprint density at radius 2 is 1.73 bits per heavy atom. The van der Waals surface area contributed by atoms with Crippen LogP contribution in [-0.4, -0.2) is 31.7 Å². The summed E-state index contributed by atoms with van der Waals surface area (Å²) in [5.74, 6) is -0.175. The van der Waals surface area contributed by atoms with E-state index in [0.29, 0.717) is 30.2 Å². The van der Waals surface area contributed by atoms with Crippen molar-refractivity contribution in [1.82, 2.24) is 19.9 Å². The third-order valence-electron chi connectivity index (χ3n) is 7.54. The molecule has 0 bridgehead atoms. The lowest BCUT2D eigenvalue weighted by Crippen LogP contribution is -2.32. The largest absolute Gasteiger partial charge is 0.392 e. The van der Waals surface area contributed by atoms with Crippen LogP contribution in [0.15, 0.2) is 104 Å². The van der Waals surface area contributed by atoms with E-state index in [4.69, 9.17) is 32.7 Å². The molecule has 2 N–H and O–H groups in total. The maximum atomic E-state index is 12.5. The molecule has 1 amide bonds. The van der Waals surface area contributed by atoms with Crippen LogP contribution in [-0.2, 0) is 29.2 Å². The molecule has 1 aliphatic heterocycles. The molecule has 1 aliphatic rings. The smallest absolute Gasteiger partial charge is 0.253 e. The van der Waals surface area contributed by atoms with E-state index in [9.17, 15) is 9.90 Å². The highest BCUT2D eigenvalue weighted by Gasteiger charge is 2.33. The summed E-state index contributed by atoms with van der Waals surface area (Å²) in [7, 11) is 0. The van der Waals surface area contributed by atoms with Crippen molar-refractivity contribution in [2.24, 2.45) is 0 Å². The fourth-order valence-corrected chi connectivity index (χ4v) is 5.54. The van der Waals surface area contributed by atoms with Gasteiger partial charge in [-0.2, -0.15) is 0 Å². The van der Waals surface area contributed by atoms with Gasteiger partial charge in [-0.25, -0.2) is 4.98 Å². The predicted molar refractivity (Wildman–Crippen MR) is 168 cm³/mol. The van der Waals surface area contributed by atoms with Crippen LogP contribution in [0.1, 0.15) is 51.4 Å². The molecule has 44 heavy (non-hydrogen) atoms. The quantitative estimate of drug-likeness (QED) is 0.184. The first kappa shape index (κ1) is 30.0. The summed E-state index contributed by atoms with van der Waals surface area (Å²) >= 11 is 12.5. The molecule has 3 heterocycles. The number of imidazole rings is 1. The van der Waals surface area contributed by atoms with Gasteiger partial charge < -0.3 is 24.5 Å². The van der Waals surface area contributed by atoms with E-state index in [1.165, 1.54) is 0 Å². The summed E-state index contributed by atoms with van der Waals surface area (Å²) < 4.78 is 14.8. The lowest BCUT2D eigenvalue weighted by molar-refractivity contribution is -0.252. The van der Waals surface area contributed by atoms with E-state index >= 15 is 0 Å². The van der Waals surface area contributed by atoms with E-state index in [-0.39, 0.29) is 29.9 Å². The predicted octanol–water partition coefficient (Wildman–Crippen LogP) is 6.92. The van der Waals surface area contributed by atoms with Gasteiger partial charge in [-0.15, -0.1) is 0 Å². The van der Waals surface area contributed by atoms with Gasteiger partial charge in [0.1, 0.15) is 5.15 Å². The zero-order valence-corrected chi connectivity index (χ0v) is 25.2. The summed E-state index contributed by atoms with van der Waals surface area (Å²) in [6.45, 7) is 0.816. The molecule has 1 saturated heterocycles. The lowest BCUT2D eigenvalue weighted by Gasteiger charge is -2.36. The Hall–Kier alpha value is -4.05. The first-order chi connectivity index (χ1) is 21.5. The SMILES string of the molecule is O=C(NCc1cccc(-c2cccc([C@H]3O[C@@H](Cn4cnc(Cl)c4Cl)C[C@@H](c4ccc(CO)cc4)O3)c2)c1)c1cccnc1. The van der Waals surface area contributed by atoms with Crippen molar-refractivity contribution in [3.05, 3.63) is 142 Å². The minimum absolute atomic E-state index is 0.0229. The Morgan fingerprint density at radius 1 is 0.932 bits per heavy atom. The molecule has 10 heteroatoms. The van der Waals surface area contributed by atoms with Gasteiger partial charge in [0.15, 0.2) is 11.4 Å². The second kappa shape index (κ2) is 13.7. The molecule has 6 rings (SSSR count). The van der Waals surface area contributed by atoms with Crippen LogP contribution in [0.25, 0.3) is 11.1 Å². The highest BCUT2D eigenvalue weighted by Crippen LogP contribution is 2.39. The summed E-state index contributed by atoms with van der Waals surface area (Å²) in [6, 6.07) is 27.3. The Balaban J connectivity index is 1.22. The molecular weight excluding hydrogens is 599 g/mol. The third-order valence-corrected chi connectivity index (χ3v) is 8.31. The summed E-state index contributed by atoms with van der Waals surface area (Å²) in [6.07, 6.45) is 4.25. The molecule has 0 aliphatic carbocycles. The number of aliphatic hydroxyl groups excluding tert-OH is 1. The number of nitrogens with one attached hydrogen (secondary N) is 1. The number of ether oxygens (including phenoxy) is 2. The van der Waals surface area contributed by atoms with E-state index in [1.807, 2.05) is 60.7 Å². The summed E-state index contributed by atoms with van der Waals surface area (Å²) in [5, 5.41) is 13.1. The molecule has 224 valence electrons. The van der Waals surface area contributed by atoms with Crippen molar-refractivity contribution in [3.63, 3.8) is 0 Å². The topological polar surface area (TPSA) is 98.5 Å². The van der Waals surface area contributed by atoms with Crippen molar-refractivity contribution in [3.8, 4) is 11.1 Å². The van der Waals surface area contributed by atoms with Gasteiger partial charge in [0.25, 0.3) is 5.91 Å². The zero-order valence-electron chi connectivity index (χ0n) is 23.6. The number of amides is 1. The maximum Gasteiger partial charge on any atom is 0.253 e. The van der Waals surface area contributed by atoms with Crippen molar-refractivity contribution in [2.45, 2.75) is 44.6 Å². The first-order valence-electron chi connectivity index (χ1n) is 14.2. The normalized spacial score (nSPS) is 18.2. The Bertz CT molecular complexity index is 1730. The molecule has 1 fully saturated rings. The monoisotopic (exact) mass is 628 g/mol. The van der Waals surface area contributed by atoms with Gasteiger partial charge in [0, 0.05) is 30.9 Å². The van der Waals surface area contributed by atoms with E-state index in [0.717, 1.165) is 33.4 Å². The number of hydrogen-bond donors (Lipinski definition) is 2. The molecule has 0 unspecified atom stereocenters. The van der Waals surface area contributed by atoms with Crippen LogP contribution in [0.5, 0.6) is 0 Å². The molecule has 0 saturated carbocycles. The van der Waals surface area contributed by atoms with Crippen LogP contribution in [0.2, 0.25) is 10.3 Å². The van der Waals surface area contributed by atoms with Crippen LogP contribution < -0.4 is 5.32 Å². The average molecular weight is 630 g/mol. The van der Waals surface area contributed by atoms with Gasteiger partial charge in [-0.1, -0.05) is 83.9 Å². The second-order valence-electron chi connectivity index (χ2n) is 10.6. The number of halogens is 2.